The Hall–Kier alpha value is -3.07. The van der Waals surface area contributed by atoms with E-state index in [4.69, 9.17) is 5.21 Å². The summed E-state index contributed by atoms with van der Waals surface area (Å²) in [4.78, 5) is 30.2. The fourth-order valence-electron chi connectivity index (χ4n) is 5.52. The number of carbonyl (C=O) groups excluding carboxylic acids is 2. The van der Waals surface area contributed by atoms with Gasteiger partial charge in [-0.2, -0.15) is 0 Å². The highest BCUT2D eigenvalue weighted by molar-refractivity contribution is 6.11. The summed E-state index contributed by atoms with van der Waals surface area (Å²) >= 11 is 0. The number of carbonyl (C=O) groups is 2. The van der Waals surface area contributed by atoms with Crippen LogP contribution in [0.15, 0.2) is 42.5 Å². The Labute approximate surface area is 204 Å². The molecule has 1 fully saturated rings. The number of piperazine rings is 1. The molecule has 0 bridgehead atoms. The number of aromatic nitrogens is 1. The summed E-state index contributed by atoms with van der Waals surface area (Å²) in [5, 5.41) is 9.52. The topological polar surface area (TPSA) is 77.8 Å². The van der Waals surface area contributed by atoms with Crippen LogP contribution in [-0.2, 0) is 13.0 Å². The van der Waals surface area contributed by atoms with Gasteiger partial charge >= 0.3 is 0 Å². The zero-order valence-corrected chi connectivity index (χ0v) is 20.0. The molecule has 1 unspecified atom stereocenters. The Balaban J connectivity index is 1.43. The van der Waals surface area contributed by atoms with Crippen molar-refractivity contribution in [2.75, 3.05) is 39.3 Å². The highest BCUT2D eigenvalue weighted by atomic mass is 19.1. The van der Waals surface area contributed by atoms with Crippen LogP contribution in [0.4, 0.5) is 4.39 Å². The maximum absolute atomic E-state index is 14.3. The van der Waals surface area contributed by atoms with Gasteiger partial charge in [0.25, 0.3) is 5.91 Å². The molecule has 1 amide bonds. The Morgan fingerprint density at radius 1 is 1.09 bits per heavy atom. The largest absolute Gasteiger partial charge is 0.339 e. The van der Waals surface area contributed by atoms with E-state index in [0.717, 1.165) is 68.9 Å². The molecular formula is C27H31FN4O3. The molecule has 35 heavy (non-hydrogen) atoms. The van der Waals surface area contributed by atoms with Gasteiger partial charge in [-0.3, -0.25) is 14.8 Å². The fourth-order valence-corrected chi connectivity index (χ4v) is 5.52. The lowest BCUT2D eigenvalue weighted by Crippen LogP contribution is -2.48. The lowest BCUT2D eigenvalue weighted by atomic mass is 9.84. The molecule has 0 spiro atoms. The van der Waals surface area contributed by atoms with Crippen LogP contribution in [0.3, 0.4) is 0 Å². The van der Waals surface area contributed by atoms with Gasteiger partial charge in [0.2, 0.25) is 0 Å². The van der Waals surface area contributed by atoms with Crippen LogP contribution in [0.25, 0.3) is 10.9 Å². The van der Waals surface area contributed by atoms with E-state index < -0.39 is 5.91 Å². The Bertz CT molecular complexity index is 1250. The number of amides is 1. The number of nitrogens with zero attached hydrogens (tertiary/aromatic N) is 3. The van der Waals surface area contributed by atoms with Crippen LogP contribution >= 0.6 is 0 Å². The van der Waals surface area contributed by atoms with E-state index in [1.807, 2.05) is 12.1 Å². The molecule has 184 valence electrons. The molecule has 2 aromatic carbocycles. The number of hydrogen-bond donors (Lipinski definition) is 2. The number of Topliss-reactive ketones (excluding diaryl/α,β-unsaturated/α-hetero) is 1. The van der Waals surface area contributed by atoms with Crippen molar-refractivity contribution in [3.8, 4) is 0 Å². The summed E-state index contributed by atoms with van der Waals surface area (Å²) < 4.78 is 16.4. The Morgan fingerprint density at radius 2 is 1.80 bits per heavy atom. The van der Waals surface area contributed by atoms with Crippen LogP contribution in [0.2, 0.25) is 0 Å². The van der Waals surface area contributed by atoms with Crippen LogP contribution in [0.5, 0.6) is 0 Å². The van der Waals surface area contributed by atoms with Gasteiger partial charge in [-0.05, 0) is 55.3 Å². The molecular weight excluding hydrogens is 447 g/mol. The fraction of sp³-hybridized carbons (Fsp3) is 0.407. The van der Waals surface area contributed by atoms with E-state index in [1.54, 1.807) is 23.7 Å². The Morgan fingerprint density at radius 3 is 2.49 bits per heavy atom. The summed E-state index contributed by atoms with van der Waals surface area (Å²) in [7, 11) is 0. The first kappa shape index (κ1) is 23.7. The summed E-state index contributed by atoms with van der Waals surface area (Å²) in [6, 6.07) is 11.6. The minimum Gasteiger partial charge on any atom is -0.339 e. The molecule has 1 aromatic heterocycles. The summed E-state index contributed by atoms with van der Waals surface area (Å²) in [5.74, 6) is -0.867. The quantitative estimate of drug-likeness (QED) is 0.420. The molecule has 2 N–H and O–H groups in total. The SMILES string of the molecule is CCN1CCN(CC2CCc3c(c4cc(F)ccc4n3Cc3ccc(C(=O)NO)cc3)C2=O)CC1. The van der Waals surface area contributed by atoms with Gasteiger partial charge in [0, 0.05) is 72.9 Å². The van der Waals surface area contributed by atoms with Crippen molar-refractivity contribution < 1.29 is 19.2 Å². The van der Waals surface area contributed by atoms with Crippen LogP contribution in [0, 0.1) is 11.7 Å². The second-order valence-corrected chi connectivity index (χ2v) is 9.54. The minimum absolute atomic E-state index is 0.0747. The highest BCUT2D eigenvalue weighted by Gasteiger charge is 2.34. The zero-order valence-electron chi connectivity index (χ0n) is 20.0. The monoisotopic (exact) mass is 478 g/mol. The number of benzene rings is 2. The molecule has 3 aromatic rings. The molecule has 0 radical (unpaired) electrons. The van der Waals surface area contributed by atoms with Gasteiger partial charge in [-0.15, -0.1) is 0 Å². The predicted molar refractivity (Wildman–Crippen MR) is 131 cm³/mol. The smallest absolute Gasteiger partial charge is 0.274 e. The van der Waals surface area contributed by atoms with E-state index in [9.17, 15) is 14.0 Å². The average molecular weight is 479 g/mol. The maximum Gasteiger partial charge on any atom is 0.274 e. The van der Waals surface area contributed by atoms with Crippen molar-refractivity contribution in [2.45, 2.75) is 26.3 Å². The lowest BCUT2D eigenvalue weighted by molar-refractivity contribution is 0.0706. The average Bonchev–Trinajstić information content (AvgIpc) is 3.19. The first-order valence-corrected chi connectivity index (χ1v) is 12.3. The van der Waals surface area contributed by atoms with Crippen molar-refractivity contribution in [1.29, 1.82) is 0 Å². The molecule has 2 aliphatic rings. The highest BCUT2D eigenvalue weighted by Crippen LogP contribution is 2.36. The van der Waals surface area contributed by atoms with E-state index in [0.29, 0.717) is 23.1 Å². The first-order valence-electron chi connectivity index (χ1n) is 12.3. The summed E-state index contributed by atoms with van der Waals surface area (Å²) in [6.45, 7) is 8.52. The first-order chi connectivity index (χ1) is 17.0. The zero-order chi connectivity index (χ0) is 24.5. The number of rotatable bonds is 6. The number of nitrogens with one attached hydrogen (secondary N) is 1. The van der Waals surface area contributed by atoms with Gasteiger partial charge < -0.3 is 14.4 Å². The number of halogens is 1. The van der Waals surface area contributed by atoms with Crippen molar-refractivity contribution >= 4 is 22.6 Å². The number of likely N-dealkylation sites (N-methyl/N-ethyl adjacent to an activating group) is 1. The third-order valence-electron chi connectivity index (χ3n) is 7.53. The van der Waals surface area contributed by atoms with E-state index in [1.165, 1.54) is 12.1 Å². The third kappa shape index (κ3) is 4.61. The van der Waals surface area contributed by atoms with Crippen molar-refractivity contribution in [1.82, 2.24) is 19.8 Å². The Kier molecular flexibility index (Phi) is 6.69. The van der Waals surface area contributed by atoms with Crippen LogP contribution in [-0.4, -0.2) is 70.5 Å². The van der Waals surface area contributed by atoms with Gasteiger partial charge in [0.1, 0.15) is 5.82 Å². The van der Waals surface area contributed by atoms with Gasteiger partial charge in [0.05, 0.1) is 0 Å². The predicted octanol–water partition coefficient (Wildman–Crippen LogP) is 3.33. The van der Waals surface area contributed by atoms with E-state index in [2.05, 4.69) is 21.3 Å². The van der Waals surface area contributed by atoms with Crippen molar-refractivity contribution in [2.24, 2.45) is 5.92 Å². The van der Waals surface area contributed by atoms with Gasteiger partial charge in [-0.25, -0.2) is 9.87 Å². The number of ketones is 1. The molecule has 1 atom stereocenters. The normalized spacial score (nSPS) is 19.2. The van der Waals surface area contributed by atoms with E-state index in [-0.39, 0.29) is 17.5 Å². The summed E-state index contributed by atoms with van der Waals surface area (Å²) in [6.07, 6.45) is 1.55. The molecule has 8 heteroatoms. The van der Waals surface area contributed by atoms with Gasteiger partial charge in [0.15, 0.2) is 5.78 Å². The van der Waals surface area contributed by atoms with Crippen LogP contribution in [0.1, 0.15) is 45.3 Å². The van der Waals surface area contributed by atoms with Gasteiger partial charge in [-0.1, -0.05) is 19.1 Å². The number of hydrogen-bond acceptors (Lipinski definition) is 5. The number of fused-ring (bicyclic) bond motifs is 3. The number of hydroxylamine groups is 1. The molecule has 0 saturated carbocycles. The second kappa shape index (κ2) is 9.89. The molecule has 1 aliphatic heterocycles. The molecule has 5 rings (SSSR count). The third-order valence-corrected chi connectivity index (χ3v) is 7.53. The van der Waals surface area contributed by atoms with Crippen molar-refractivity contribution in [3.63, 3.8) is 0 Å². The summed E-state index contributed by atoms with van der Waals surface area (Å²) in [5.41, 5.74) is 5.42. The van der Waals surface area contributed by atoms with E-state index >= 15 is 0 Å². The molecule has 1 saturated heterocycles. The minimum atomic E-state index is -0.566. The van der Waals surface area contributed by atoms with Crippen molar-refractivity contribution in [3.05, 3.63) is 70.7 Å². The van der Waals surface area contributed by atoms with Crippen LogP contribution < -0.4 is 5.48 Å². The molecule has 2 heterocycles. The second-order valence-electron chi connectivity index (χ2n) is 9.54. The standard InChI is InChI=1S/C27H31FN4O3/c1-2-30-11-13-31(14-12-30)17-20-7-9-24-25(26(20)33)22-15-21(28)8-10-23(22)32(24)16-18-3-5-19(6-4-18)27(34)29-35/h3-6,8,10,15,20,35H,2,7,9,11-14,16-17H2,1H3,(H,29,34). The molecule has 7 nitrogen and oxygen atoms in total. The lowest BCUT2D eigenvalue weighted by Gasteiger charge is -2.36. The molecule has 1 aliphatic carbocycles. The maximum atomic E-state index is 14.3.